The molecule has 2 atom stereocenters. The molecule has 0 bridgehead atoms. The van der Waals surface area contributed by atoms with Gasteiger partial charge in [-0.3, -0.25) is 4.90 Å². The van der Waals surface area contributed by atoms with Crippen LogP contribution in [-0.2, 0) is 6.42 Å². The number of aliphatic hydroxyl groups is 1. The minimum Gasteiger partial charge on any atom is -0.395 e. The van der Waals surface area contributed by atoms with Crippen molar-refractivity contribution in [2.24, 2.45) is 0 Å². The lowest BCUT2D eigenvalue weighted by Crippen LogP contribution is -2.57. The first-order valence-electron chi connectivity index (χ1n) is 7.51. The van der Waals surface area contributed by atoms with Gasteiger partial charge in [0.05, 0.1) is 6.61 Å². The number of aliphatic hydroxyl groups excluding tert-OH is 1. The topological polar surface area (TPSA) is 52.5 Å². The maximum atomic E-state index is 9.17. The number of piperazine rings is 1. The summed E-state index contributed by atoms with van der Waals surface area (Å²) in [6, 6.07) is 2.95. The zero-order chi connectivity index (χ0) is 14.7. The van der Waals surface area contributed by atoms with Crippen LogP contribution in [0.1, 0.15) is 32.3 Å². The molecule has 1 aromatic rings. The van der Waals surface area contributed by atoms with Crippen LogP contribution in [0.5, 0.6) is 0 Å². The number of hydrogen-bond donors (Lipinski definition) is 1. The summed E-state index contributed by atoms with van der Waals surface area (Å²) in [5.41, 5.74) is 1.10. The molecule has 5 nitrogen and oxygen atoms in total. The van der Waals surface area contributed by atoms with E-state index in [0.29, 0.717) is 12.1 Å². The monoisotopic (exact) mass is 278 g/mol. The van der Waals surface area contributed by atoms with Gasteiger partial charge in [0.1, 0.15) is 11.6 Å². The number of anilines is 1. The standard InChI is InChI=1S/C15H26N4O/c1-5-14-8-15(17-13(4)16-14)18-9-11(2)19(6-7-20)12(3)10-18/h8,11-12,20H,5-7,9-10H2,1-4H3/t11-,12+. The minimum atomic E-state index is 0.223. The van der Waals surface area contributed by atoms with E-state index in [9.17, 15) is 0 Å². The van der Waals surface area contributed by atoms with Gasteiger partial charge < -0.3 is 10.0 Å². The molecule has 0 unspecified atom stereocenters. The summed E-state index contributed by atoms with van der Waals surface area (Å²) in [7, 11) is 0. The zero-order valence-electron chi connectivity index (χ0n) is 13.0. The summed E-state index contributed by atoms with van der Waals surface area (Å²) in [6.45, 7) is 11.4. The van der Waals surface area contributed by atoms with Crippen molar-refractivity contribution in [1.29, 1.82) is 0 Å². The molecule has 20 heavy (non-hydrogen) atoms. The fraction of sp³-hybridized carbons (Fsp3) is 0.733. The van der Waals surface area contributed by atoms with Gasteiger partial charge in [-0.1, -0.05) is 6.92 Å². The van der Waals surface area contributed by atoms with Crippen LogP contribution >= 0.6 is 0 Å². The molecule has 0 aromatic carbocycles. The van der Waals surface area contributed by atoms with Crippen molar-refractivity contribution in [3.05, 3.63) is 17.6 Å². The van der Waals surface area contributed by atoms with E-state index in [1.165, 1.54) is 0 Å². The van der Waals surface area contributed by atoms with E-state index in [-0.39, 0.29) is 6.61 Å². The maximum Gasteiger partial charge on any atom is 0.132 e. The number of rotatable bonds is 4. The first-order valence-corrected chi connectivity index (χ1v) is 7.51. The molecule has 1 fully saturated rings. The Balaban J connectivity index is 2.17. The molecule has 5 heteroatoms. The highest BCUT2D eigenvalue weighted by Crippen LogP contribution is 2.21. The Kier molecular flexibility index (Phi) is 4.94. The molecule has 0 radical (unpaired) electrons. The lowest BCUT2D eigenvalue weighted by molar-refractivity contribution is 0.102. The van der Waals surface area contributed by atoms with Crippen molar-refractivity contribution >= 4 is 5.82 Å². The van der Waals surface area contributed by atoms with Crippen molar-refractivity contribution < 1.29 is 5.11 Å². The van der Waals surface area contributed by atoms with Crippen LogP contribution in [0.2, 0.25) is 0 Å². The highest BCUT2D eigenvalue weighted by Gasteiger charge is 2.29. The van der Waals surface area contributed by atoms with Crippen LogP contribution in [-0.4, -0.2) is 58.3 Å². The van der Waals surface area contributed by atoms with Gasteiger partial charge in [0.2, 0.25) is 0 Å². The quantitative estimate of drug-likeness (QED) is 0.898. The van der Waals surface area contributed by atoms with Crippen LogP contribution in [0.25, 0.3) is 0 Å². The summed E-state index contributed by atoms with van der Waals surface area (Å²) in [6.07, 6.45) is 0.936. The lowest BCUT2D eigenvalue weighted by Gasteiger charge is -2.44. The van der Waals surface area contributed by atoms with Gasteiger partial charge in [-0.05, 0) is 27.2 Å². The third kappa shape index (κ3) is 3.27. The molecule has 0 amide bonds. The number of aryl methyl sites for hydroxylation is 2. The van der Waals surface area contributed by atoms with Crippen LogP contribution in [0.3, 0.4) is 0 Å². The summed E-state index contributed by atoms with van der Waals surface area (Å²) >= 11 is 0. The second-order valence-electron chi connectivity index (χ2n) is 5.68. The molecule has 0 saturated carbocycles. The van der Waals surface area contributed by atoms with Gasteiger partial charge in [0.15, 0.2) is 0 Å². The van der Waals surface area contributed by atoms with E-state index in [2.05, 4.69) is 46.6 Å². The Morgan fingerprint density at radius 2 is 1.90 bits per heavy atom. The molecule has 1 aliphatic heterocycles. The summed E-state index contributed by atoms with van der Waals surface area (Å²) in [4.78, 5) is 13.8. The molecule has 0 spiro atoms. The van der Waals surface area contributed by atoms with E-state index in [1.807, 2.05) is 6.92 Å². The van der Waals surface area contributed by atoms with Gasteiger partial charge in [-0.2, -0.15) is 0 Å². The van der Waals surface area contributed by atoms with Crippen LogP contribution < -0.4 is 4.90 Å². The molecule has 2 rings (SSSR count). The SMILES string of the molecule is CCc1cc(N2C[C@@H](C)N(CCO)[C@@H](C)C2)nc(C)n1. The minimum absolute atomic E-state index is 0.223. The van der Waals surface area contributed by atoms with Crippen molar-refractivity contribution in [3.63, 3.8) is 0 Å². The smallest absolute Gasteiger partial charge is 0.132 e. The first kappa shape index (κ1) is 15.2. The van der Waals surface area contributed by atoms with Gasteiger partial charge in [-0.15, -0.1) is 0 Å². The van der Waals surface area contributed by atoms with Crippen LogP contribution in [0, 0.1) is 6.92 Å². The first-order chi connectivity index (χ1) is 9.55. The van der Waals surface area contributed by atoms with E-state index in [4.69, 9.17) is 5.11 Å². The van der Waals surface area contributed by atoms with Gasteiger partial charge in [-0.25, -0.2) is 9.97 Å². The van der Waals surface area contributed by atoms with Gasteiger partial charge in [0.25, 0.3) is 0 Å². The van der Waals surface area contributed by atoms with E-state index >= 15 is 0 Å². The molecular weight excluding hydrogens is 252 g/mol. The predicted molar refractivity (Wildman–Crippen MR) is 81.1 cm³/mol. The summed E-state index contributed by atoms with van der Waals surface area (Å²) in [5.74, 6) is 1.88. The average Bonchev–Trinajstić information content (AvgIpc) is 2.41. The summed E-state index contributed by atoms with van der Waals surface area (Å²) < 4.78 is 0. The summed E-state index contributed by atoms with van der Waals surface area (Å²) in [5, 5.41) is 9.17. The number of hydrogen-bond acceptors (Lipinski definition) is 5. The third-order valence-corrected chi connectivity index (χ3v) is 4.02. The molecule has 0 aliphatic carbocycles. The normalized spacial score (nSPS) is 24.1. The Labute approximate surface area is 121 Å². The Morgan fingerprint density at radius 1 is 1.25 bits per heavy atom. The van der Waals surface area contributed by atoms with Crippen LogP contribution in [0.15, 0.2) is 6.07 Å². The maximum absolute atomic E-state index is 9.17. The van der Waals surface area contributed by atoms with Crippen molar-refractivity contribution in [2.45, 2.75) is 46.2 Å². The van der Waals surface area contributed by atoms with Crippen LogP contribution in [0.4, 0.5) is 5.82 Å². The third-order valence-electron chi connectivity index (χ3n) is 4.02. The molecule has 1 N–H and O–H groups in total. The Hall–Kier alpha value is -1.20. The number of aromatic nitrogens is 2. The largest absolute Gasteiger partial charge is 0.395 e. The van der Waals surface area contributed by atoms with Crippen molar-refractivity contribution in [2.75, 3.05) is 31.1 Å². The van der Waals surface area contributed by atoms with Crippen molar-refractivity contribution in [1.82, 2.24) is 14.9 Å². The second kappa shape index (κ2) is 6.50. The fourth-order valence-corrected chi connectivity index (χ4v) is 3.06. The average molecular weight is 278 g/mol. The fourth-order valence-electron chi connectivity index (χ4n) is 3.06. The Bertz CT molecular complexity index is 439. The molecule has 1 saturated heterocycles. The molecule has 1 aromatic heterocycles. The predicted octanol–water partition coefficient (Wildman–Crippen LogP) is 1.24. The molecule has 1 aliphatic rings. The highest BCUT2D eigenvalue weighted by atomic mass is 16.3. The van der Waals surface area contributed by atoms with Crippen molar-refractivity contribution in [3.8, 4) is 0 Å². The van der Waals surface area contributed by atoms with Gasteiger partial charge in [0, 0.05) is 43.5 Å². The van der Waals surface area contributed by atoms with E-state index in [1.54, 1.807) is 0 Å². The molecule has 112 valence electrons. The van der Waals surface area contributed by atoms with Gasteiger partial charge >= 0.3 is 0 Å². The molecule has 2 heterocycles. The van der Waals surface area contributed by atoms with E-state index < -0.39 is 0 Å². The lowest BCUT2D eigenvalue weighted by atomic mass is 10.1. The second-order valence-corrected chi connectivity index (χ2v) is 5.68. The highest BCUT2D eigenvalue weighted by molar-refractivity contribution is 5.41. The number of nitrogens with zero attached hydrogens (tertiary/aromatic N) is 4. The molecular formula is C15H26N4O. The van der Waals surface area contributed by atoms with E-state index in [0.717, 1.165) is 43.4 Å². The zero-order valence-corrected chi connectivity index (χ0v) is 13.0. The number of β-amino-alcohol motifs (C(OH)–C–C–N with tert-alkyl or cyclic N) is 1. The Morgan fingerprint density at radius 3 is 2.45 bits per heavy atom.